The van der Waals surface area contributed by atoms with E-state index in [-0.39, 0.29) is 11.8 Å². The van der Waals surface area contributed by atoms with Gasteiger partial charge in [-0.25, -0.2) is 0 Å². The van der Waals surface area contributed by atoms with Crippen molar-refractivity contribution in [3.8, 4) is 0 Å². The van der Waals surface area contributed by atoms with E-state index in [1.807, 2.05) is 13.0 Å². The molecule has 1 aliphatic rings. The Balaban J connectivity index is 1.61. The SMILES string of the molecule is CCNC(=O)c1cccc(NC(=O)CN(Cc2cccc(C)c2)C2CC2)c1. The van der Waals surface area contributed by atoms with Gasteiger partial charge in [0.05, 0.1) is 6.54 Å². The molecule has 1 fully saturated rings. The van der Waals surface area contributed by atoms with Gasteiger partial charge in [-0.3, -0.25) is 14.5 Å². The van der Waals surface area contributed by atoms with Gasteiger partial charge < -0.3 is 10.6 Å². The largest absolute Gasteiger partial charge is 0.352 e. The van der Waals surface area contributed by atoms with Gasteiger partial charge >= 0.3 is 0 Å². The van der Waals surface area contributed by atoms with Crippen LogP contribution in [0.4, 0.5) is 5.69 Å². The highest BCUT2D eigenvalue weighted by atomic mass is 16.2. The lowest BCUT2D eigenvalue weighted by atomic mass is 10.1. The molecular formula is C22H27N3O2. The van der Waals surface area contributed by atoms with Crippen LogP contribution in [0.5, 0.6) is 0 Å². The van der Waals surface area contributed by atoms with Crippen LogP contribution in [0, 0.1) is 6.92 Å². The first-order chi connectivity index (χ1) is 13.0. The second-order valence-corrected chi connectivity index (χ2v) is 7.11. The summed E-state index contributed by atoms with van der Waals surface area (Å²) in [5.74, 6) is -0.185. The minimum atomic E-state index is -0.132. The molecule has 0 heterocycles. The standard InChI is InChI=1S/C22H27N3O2/c1-3-23-22(27)18-8-5-9-19(13-18)24-21(26)15-25(20-10-11-20)14-17-7-4-6-16(2)12-17/h4-9,12-13,20H,3,10-11,14-15H2,1-2H3,(H,23,27)(H,24,26). The van der Waals surface area contributed by atoms with Crippen molar-refractivity contribution in [1.29, 1.82) is 0 Å². The third-order valence-electron chi connectivity index (χ3n) is 4.62. The van der Waals surface area contributed by atoms with Gasteiger partial charge in [-0.05, 0) is 50.5 Å². The maximum Gasteiger partial charge on any atom is 0.251 e. The molecule has 0 aromatic heterocycles. The second-order valence-electron chi connectivity index (χ2n) is 7.11. The highest BCUT2D eigenvalue weighted by Gasteiger charge is 2.30. The summed E-state index contributed by atoms with van der Waals surface area (Å²) in [4.78, 5) is 26.8. The molecule has 0 bridgehead atoms. The van der Waals surface area contributed by atoms with Crippen molar-refractivity contribution >= 4 is 17.5 Å². The van der Waals surface area contributed by atoms with Gasteiger partial charge in [-0.1, -0.05) is 35.9 Å². The van der Waals surface area contributed by atoms with Gasteiger partial charge in [-0.15, -0.1) is 0 Å². The zero-order valence-corrected chi connectivity index (χ0v) is 16.0. The molecule has 5 nitrogen and oxygen atoms in total. The Morgan fingerprint density at radius 1 is 1.11 bits per heavy atom. The fourth-order valence-electron chi connectivity index (χ4n) is 3.18. The van der Waals surface area contributed by atoms with Gasteiger partial charge in [0.1, 0.15) is 0 Å². The predicted molar refractivity (Wildman–Crippen MR) is 108 cm³/mol. The van der Waals surface area contributed by atoms with Crippen LogP contribution in [-0.4, -0.2) is 35.8 Å². The van der Waals surface area contributed by atoms with Gasteiger partial charge in [0, 0.05) is 30.4 Å². The van der Waals surface area contributed by atoms with Crippen molar-refractivity contribution in [2.24, 2.45) is 0 Å². The van der Waals surface area contributed by atoms with E-state index in [0.29, 0.717) is 30.4 Å². The Morgan fingerprint density at radius 3 is 2.59 bits per heavy atom. The monoisotopic (exact) mass is 365 g/mol. The first-order valence-electron chi connectivity index (χ1n) is 9.53. The smallest absolute Gasteiger partial charge is 0.251 e. The molecule has 1 saturated carbocycles. The van der Waals surface area contributed by atoms with Gasteiger partial charge in [0.25, 0.3) is 5.91 Å². The van der Waals surface area contributed by atoms with E-state index in [2.05, 4.69) is 46.7 Å². The summed E-state index contributed by atoms with van der Waals surface area (Å²) < 4.78 is 0. The summed E-state index contributed by atoms with van der Waals surface area (Å²) in [6.07, 6.45) is 2.29. The quantitative estimate of drug-likeness (QED) is 0.754. The Labute approximate surface area is 160 Å². The molecule has 27 heavy (non-hydrogen) atoms. The van der Waals surface area contributed by atoms with E-state index < -0.39 is 0 Å². The van der Waals surface area contributed by atoms with Crippen LogP contribution in [0.2, 0.25) is 0 Å². The molecule has 2 aromatic rings. The molecule has 2 amide bonds. The number of hydrogen-bond acceptors (Lipinski definition) is 3. The zero-order chi connectivity index (χ0) is 19.2. The fourth-order valence-corrected chi connectivity index (χ4v) is 3.18. The number of benzene rings is 2. The number of anilines is 1. The van der Waals surface area contributed by atoms with Crippen LogP contribution in [0.3, 0.4) is 0 Å². The van der Waals surface area contributed by atoms with Gasteiger partial charge in [0.15, 0.2) is 0 Å². The van der Waals surface area contributed by atoms with E-state index in [9.17, 15) is 9.59 Å². The van der Waals surface area contributed by atoms with Crippen molar-refractivity contribution in [2.75, 3.05) is 18.4 Å². The number of amides is 2. The Bertz CT molecular complexity index is 815. The van der Waals surface area contributed by atoms with Crippen LogP contribution < -0.4 is 10.6 Å². The van der Waals surface area contributed by atoms with E-state index in [1.165, 1.54) is 11.1 Å². The summed E-state index contributed by atoms with van der Waals surface area (Å²) in [5.41, 5.74) is 3.66. The molecule has 0 unspecified atom stereocenters. The third-order valence-corrected chi connectivity index (χ3v) is 4.62. The number of nitrogens with zero attached hydrogens (tertiary/aromatic N) is 1. The Morgan fingerprint density at radius 2 is 1.89 bits per heavy atom. The van der Waals surface area contributed by atoms with Gasteiger partial charge in [0.2, 0.25) is 5.91 Å². The zero-order valence-electron chi connectivity index (χ0n) is 16.0. The first-order valence-corrected chi connectivity index (χ1v) is 9.53. The molecule has 0 saturated heterocycles. The number of nitrogens with one attached hydrogen (secondary N) is 2. The molecule has 2 N–H and O–H groups in total. The molecule has 2 aromatic carbocycles. The van der Waals surface area contributed by atoms with Crippen molar-refractivity contribution in [3.05, 3.63) is 65.2 Å². The summed E-state index contributed by atoms with van der Waals surface area (Å²) >= 11 is 0. The average molecular weight is 365 g/mol. The topological polar surface area (TPSA) is 61.4 Å². The molecule has 5 heteroatoms. The van der Waals surface area contributed by atoms with Crippen LogP contribution in [-0.2, 0) is 11.3 Å². The van der Waals surface area contributed by atoms with Crippen LogP contribution >= 0.6 is 0 Å². The Kier molecular flexibility index (Phi) is 6.24. The maximum atomic E-state index is 12.6. The van der Waals surface area contributed by atoms with E-state index in [1.54, 1.807) is 18.2 Å². The van der Waals surface area contributed by atoms with Crippen molar-refractivity contribution < 1.29 is 9.59 Å². The highest BCUT2D eigenvalue weighted by Crippen LogP contribution is 2.28. The lowest BCUT2D eigenvalue weighted by Gasteiger charge is -2.22. The van der Waals surface area contributed by atoms with Gasteiger partial charge in [-0.2, -0.15) is 0 Å². The first kappa shape index (κ1) is 19.1. The molecule has 0 radical (unpaired) electrons. The number of rotatable bonds is 8. The van der Waals surface area contributed by atoms with Crippen LogP contribution in [0.25, 0.3) is 0 Å². The minimum absolute atomic E-state index is 0.0531. The molecule has 1 aliphatic carbocycles. The molecule has 0 aliphatic heterocycles. The number of carbonyl (C=O) groups excluding carboxylic acids is 2. The van der Waals surface area contributed by atoms with Crippen molar-refractivity contribution in [3.63, 3.8) is 0 Å². The third kappa shape index (κ3) is 5.66. The maximum absolute atomic E-state index is 12.6. The lowest BCUT2D eigenvalue weighted by Crippen LogP contribution is -2.34. The second kappa shape index (κ2) is 8.82. The Hall–Kier alpha value is -2.66. The highest BCUT2D eigenvalue weighted by molar-refractivity contribution is 5.97. The van der Waals surface area contributed by atoms with E-state index in [0.717, 1.165) is 19.4 Å². The number of hydrogen-bond donors (Lipinski definition) is 2. The summed E-state index contributed by atoms with van der Waals surface area (Å²) in [5, 5.41) is 5.70. The molecule has 0 spiro atoms. The predicted octanol–water partition coefficient (Wildman–Crippen LogP) is 3.35. The molecule has 142 valence electrons. The summed E-state index contributed by atoms with van der Waals surface area (Å²) in [6.45, 7) is 5.66. The molecular weight excluding hydrogens is 338 g/mol. The molecule has 0 atom stereocenters. The summed E-state index contributed by atoms with van der Waals surface area (Å²) in [6, 6.07) is 16.0. The molecule has 3 rings (SSSR count). The minimum Gasteiger partial charge on any atom is -0.352 e. The van der Waals surface area contributed by atoms with Crippen LogP contribution in [0.15, 0.2) is 48.5 Å². The van der Waals surface area contributed by atoms with Crippen molar-refractivity contribution in [1.82, 2.24) is 10.2 Å². The van der Waals surface area contributed by atoms with E-state index >= 15 is 0 Å². The number of carbonyl (C=O) groups is 2. The van der Waals surface area contributed by atoms with E-state index in [4.69, 9.17) is 0 Å². The summed E-state index contributed by atoms with van der Waals surface area (Å²) in [7, 11) is 0. The average Bonchev–Trinajstić information content (AvgIpc) is 3.47. The number of aryl methyl sites for hydroxylation is 1. The fraction of sp³-hybridized carbons (Fsp3) is 0.364. The lowest BCUT2D eigenvalue weighted by molar-refractivity contribution is -0.117. The normalized spacial score (nSPS) is 13.4. The van der Waals surface area contributed by atoms with Crippen LogP contribution in [0.1, 0.15) is 41.3 Å². The van der Waals surface area contributed by atoms with Crippen molar-refractivity contribution in [2.45, 2.75) is 39.3 Å².